The van der Waals surface area contributed by atoms with Gasteiger partial charge in [-0.2, -0.15) is 18.3 Å². The van der Waals surface area contributed by atoms with Crippen molar-refractivity contribution in [3.63, 3.8) is 0 Å². The fraction of sp³-hybridized carbons (Fsp3) is 0.208. The fourth-order valence-electron chi connectivity index (χ4n) is 4.11. The van der Waals surface area contributed by atoms with E-state index < -0.39 is 17.8 Å². The number of fused-ring (bicyclic) bond motifs is 2. The molecule has 4 N–H and O–H groups in total. The number of aryl methyl sites for hydroxylation is 2. The summed E-state index contributed by atoms with van der Waals surface area (Å²) in [6, 6.07) is 10.1. The van der Waals surface area contributed by atoms with Gasteiger partial charge in [-0.05, 0) is 43.3 Å². The molecule has 38 heavy (non-hydrogen) atoms. The number of nitrogens with zero attached hydrogens (tertiary/aromatic N) is 4. The molecule has 0 aliphatic rings. The molecule has 14 heteroatoms. The Balaban J connectivity index is 0.000000426. The highest BCUT2D eigenvalue weighted by atomic mass is 35.5. The van der Waals surface area contributed by atoms with Crippen LogP contribution in [0.5, 0.6) is 0 Å². The van der Waals surface area contributed by atoms with Crippen LogP contribution >= 0.6 is 11.6 Å². The van der Waals surface area contributed by atoms with Crippen LogP contribution in [0, 0.1) is 5.82 Å². The van der Waals surface area contributed by atoms with Crippen LogP contribution < -0.4 is 11.4 Å². The number of carboxylic acids is 1. The minimum Gasteiger partial charge on any atom is -0.475 e. The van der Waals surface area contributed by atoms with Crippen molar-refractivity contribution in [2.24, 2.45) is 12.8 Å². The number of nitrogens with two attached hydrogens (primary N) is 1. The van der Waals surface area contributed by atoms with Gasteiger partial charge in [-0.1, -0.05) is 17.7 Å². The molecule has 0 bridgehead atoms. The van der Waals surface area contributed by atoms with Crippen LogP contribution in [-0.2, 0) is 18.4 Å². The van der Waals surface area contributed by atoms with Crippen molar-refractivity contribution in [1.82, 2.24) is 23.9 Å². The second kappa shape index (κ2) is 10.3. The summed E-state index contributed by atoms with van der Waals surface area (Å²) in [5, 5.41) is 16.1. The second-order valence-corrected chi connectivity index (χ2v) is 8.75. The molecule has 0 radical (unpaired) electrons. The monoisotopic (exact) mass is 552 g/mol. The number of aromatic amines is 1. The molecule has 0 atom stereocenters. The summed E-state index contributed by atoms with van der Waals surface area (Å²) in [6.07, 6.45) is -0.568. The summed E-state index contributed by atoms with van der Waals surface area (Å²) in [4.78, 5) is 21.8. The number of benzene rings is 2. The highest BCUT2D eigenvalue weighted by Crippen LogP contribution is 2.33. The molecule has 5 rings (SSSR count). The van der Waals surface area contributed by atoms with Crippen LogP contribution in [-0.4, -0.2) is 47.7 Å². The van der Waals surface area contributed by atoms with E-state index in [4.69, 9.17) is 27.2 Å². The Morgan fingerprint density at radius 2 is 1.84 bits per heavy atom. The molecule has 0 aliphatic heterocycles. The number of rotatable bonds is 5. The summed E-state index contributed by atoms with van der Waals surface area (Å²) in [7, 11) is 1.91. The van der Waals surface area contributed by atoms with Gasteiger partial charge in [-0.15, -0.1) is 0 Å². The topological polar surface area (TPSA) is 124 Å². The minimum absolute atomic E-state index is 0.372. The van der Waals surface area contributed by atoms with Gasteiger partial charge in [0.2, 0.25) is 0 Å². The third-order valence-corrected chi connectivity index (χ3v) is 6.01. The number of aliphatic carboxylic acids is 1. The maximum absolute atomic E-state index is 14.1. The first-order valence-corrected chi connectivity index (χ1v) is 11.5. The van der Waals surface area contributed by atoms with Gasteiger partial charge in [0.15, 0.2) is 5.82 Å². The summed E-state index contributed by atoms with van der Waals surface area (Å²) in [5.74, 6) is -2.68. The Morgan fingerprint density at radius 1 is 1.13 bits per heavy atom. The second-order valence-electron chi connectivity index (χ2n) is 8.32. The number of hydrogen-bond donors (Lipinski definition) is 3. The van der Waals surface area contributed by atoms with Crippen LogP contribution in [0.15, 0.2) is 53.6 Å². The fourth-order valence-corrected chi connectivity index (χ4v) is 4.28. The van der Waals surface area contributed by atoms with Gasteiger partial charge in [0.25, 0.3) is 0 Å². The van der Waals surface area contributed by atoms with Crippen LogP contribution in [0.3, 0.4) is 0 Å². The van der Waals surface area contributed by atoms with Gasteiger partial charge >= 0.3 is 17.8 Å². The smallest absolute Gasteiger partial charge is 0.475 e. The van der Waals surface area contributed by atoms with Gasteiger partial charge in [0, 0.05) is 52.9 Å². The number of H-pyrrole nitrogens is 1. The molecule has 0 unspecified atom stereocenters. The number of carboxylic acid groups (broad SMARTS) is 1. The normalized spacial score (nSPS) is 11.7. The van der Waals surface area contributed by atoms with E-state index in [0.717, 1.165) is 28.4 Å². The Morgan fingerprint density at radius 3 is 2.50 bits per heavy atom. The first-order valence-electron chi connectivity index (χ1n) is 11.1. The molecule has 0 saturated carbocycles. The molecule has 200 valence electrons. The minimum atomic E-state index is -5.08. The number of halogens is 5. The number of hydrogen-bond acceptors (Lipinski definition) is 4. The molecule has 3 aromatic heterocycles. The molecular weight excluding hydrogens is 532 g/mol. The summed E-state index contributed by atoms with van der Waals surface area (Å²) in [6.45, 7) is 1.19. The molecule has 5 aromatic rings. The van der Waals surface area contributed by atoms with Crippen LogP contribution in [0.2, 0.25) is 5.02 Å². The largest absolute Gasteiger partial charge is 0.490 e. The summed E-state index contributed by atoms with van der Waals surface area (Å²) < 4.78 is 51.3. The van der Waals surface area contributed by atoms with Crippen molar-refractivity contribution < 1.29 is 27.5 Å². The maximum atomic E-state index is 14.1. The summed E-state index contributed by atoms with van der Waals surface area (Å²) in [5.41, 5.74) is 8.36. The average molecular weight is 553 g/mol. The predicted octanol–water partition coefficient (Wildman–Crippen LogP) is 4.45. The Kier molecular flexibility index (Phi) is 7.33. The third kappa shape index (κ3) is 5.15. The van der Waals surface area contributed by atoms with Gasteiger partial charge in [0.1, 0.15) is 5.82 Å². The van der Waals surface area contributed by atoms with E-state index >= 15 is 0 Å². The van der Waals surface area contributed by atoms with Crippen molar-refractivity contribution in [2.75, 3.05) is 6.54 Å². The average Bonchev–Trinajstić information content (AvgIpc) is 3.50. The molecule has 2 aromatic carbocycles. The van der Waals surface area contributed by atoms with Crippen molar-refractivity contribution in [1.29, 1.82) is 0 Å². The SMILES string of the molecule is Cn1cc(-c2n[nH]c(=O)n2-c2cn(CCCN)c3ccc(F)cc23)c2ccc(Cl)cc21.O=C(O)C(F)(F)F. The zero-order valence-corrected chi connectivity index (χ0v) is 20.5. The lowest BCUT2D eigenvalue weighted by Crippen LogP contribution is -2.21. The zero-order chi connectivity index (χ0) is 27.8. The van der Waals surface area contributed by atoms with Crippen molar-refractivity contribution >= 4 is 39.4 Å². The number of alkyl halides is 3. The molecule has 3 heterocycles. The van der Waals surface area contributed by atoms with E-state index in [-0.39, 0.29) is 5.82 Å². The van der Waals surface area contributed by atoms with Crippen LogP contribution in [0.25, 0.3) is 38.9 Å². The lowest BCUT2D eigenvalue weighted by Gasteiger charge is -2.04. The van der Waals surface area contributed by atoms with Crippen molar-refractivity contribution in [3.05, 3.63) is 70.1 Å². The summed E-state index contributed by atoms with van der Waals surface area (Å²) >= 11 is 6.16. The van der Waals surface area contributed by atoms with Crippen LogP contribution in [0.1, 0.15) is 6.42 Å². The highest BCUT2D eigenvalue weighted by molar-refractivity contribution is 6.31. The van der Waals surface area contributed by atoms with Gasteiger partial charge in [0.05, 0.1) is 11.2 Å². The lowest BCUT2D eigenvalue weighted by molar-refractivity contribution is -0.192. The number of aromatic nitrogens is 5. The number of nitrogens with one attached hydrogen (secondary N) is 1. The Bertz CT molecular complexity index is 1700. The first kappa shape index (κ1) is 26.9. The van der Waals surface area contributed by atoms with Gasteiger partial charge < -0.3 is 20.0 Å². The van der Waals surface area contributed by atoms with E-state index in [1.165, 1.54) is 16.7 Å². The third-order valence-electron chi connectivity index (χ3n) is 5.77. The maximum Gasteiger partial charge on any atom is 0.490 e. The van der Waals surface area contributed by atoms with Gasteiger partial charge in [-0.25, -0.2) is 23.6 Å². The van der Waals surface area contributed by atoms with E-state index in [1.54, 1.807) is 12.1 Å². The molecule has 0 aliphatic carbocycles. The molecule has 0 amide bonds. The van der Waals surface area contributed by atoms with Crippen LogP contribution in [0.4, 0.5) is 17.6 Å². The zero-order valence-electron chi connectivity index (χ0n) is 19.8. The highest BCUT2D eigenvalue weighted by Gasteiger charge is 2.38. The van der Waals surface area contributed by atoms with Crippen molar-refractivity contribution in [2.45, 2.75) is 19.1 Å². The predicted molar refractivity (Wildman–Crippen MR) is 134 cm³/mol. The molecule has 0 fully saturated rings. The Labute approximate surface area is 216 Å². The van der Waals surface area contributed by atoms with E-state index in [1.807, 2.05) is 40.7 Å². The molecule has 0 saturated heterocycles. The van der Waals surface area contributed by atoms with E-state index in [9.17, 15) is 22.4 Å². The van der Waals surface area contributed by atoms with Gasteiger partial charge in [-0.3, -0.25) is 0 Å². The Hall–Kier alpha value is -4.10. The van der Waals surface area contributed by atoms with E-state index in [2.05, 4.69) is 10.2 Å². The quantitative estimate of drug-likeness (QED) is 0.278. The number of carbonyl (C=O) groups is 1. The standard InChI is InChI=1S/C22H20ClFN6O.C2HF3O2/c1-28-11-17(15-5-3-13(23)9-19(15)28)21-26-27-22(31)30(21)20-12-29(8-2-7-25)18-6-4-14(24)10-16(18)20;3-2(4,5)1(6)7/h3-6,9-12H,2,7-8,25H2,1H3,(H,27,31);(H,6,7). The van der Waals surface area contributed by atoms with Crippen molar-refractivity contribution in [3.8, 4) is 17.1 Å². The van der Waals surface area contributed by atoms with E-state index in [0.29, 0.717) is 35.0 Å². The molecular formula is C24H21ClF4N6O3. The molecule has 0 spiro atoms. The molecule has 9 nitrogen and oxygen atoms in total. The lowest BCUT2D eigenvalue weighted by atomic mass is 10.1. The first-order chi connectivity index (χ1) is 17.9.